The maximum absolute atomic E-state index is 6.58. The number of hydrogen-bond acceptors (Lipinski definition) is 2. The molecule has 0 fully saturated rings. The number of furan rings is 1. The number of fused-ring (bicyclic) bond motifs is 6. The number of benzene rings is 7. The molecule has 0 aliphatic heterocycles. The fourth-order valence-electron chi connectivity index (χ4n) is 6.19. The molecule has 0 amide bonds. The molecule has 8 aromatic rings. The number of nitrogens with two attached hydrogens (primary N) is 1. The molecule has 7 aromatic carbocycles. The van der Waals surface area contributed by atoms with E-state index in [4.69, 9.17) is 20.1 Å². The van der Waals surface area contributed by atoms with Crippen LogP contribution in [0.1, 0.15) is 16.7 Å². The third kappa shape index (κ3) is 4.92. The number of hydrogen-bond donors (Lipinski definition) is 1. The zero-order chi connectivity index (χ0) is 30.2. The molecule has 0 aliphatic carbocycles. The van der Waals surface area contributed by atoms with Crippen LogP contribution in [-0.2, 0) is 6.54 Å². The minimum absolute atomic E-state index is 0.426. The van der Waals surface area contributed by atoms with Crippen molar-refractivity contribution in [3.63, 3.8) is 0 Å². The van der Waals surface area contributed by atoms with Crippen molar-refractivity contribution in [1.29, 1.82) is 0 Å². The van der Waals surface area contributed by atoms with Crippen LogP contribution in [0.5, 0.6) is 0 Å². The molecule has 0 atom stereocenters. The van der Waals surface area contributed by atoms with Gasteiger partial charge in [-0.15, -0.1) is 0 Å². The standard InChI is InChI=1S/C41H29N3O/c42-40(28-12-3-1-4-13-28)44-41(29-14-5-2-6-15-29)43-26-32-16-9-20-37-38(32)36-19-10-18-35(39(36)45-37)31-23-24-34-30(25-31)22-21-27-11-7-8-17-33(27)34/h1-25H,26H2,(H2,42,43,44). The number of amidine groups is 2. The first-order chi connectivity index (χ1) is 22.2. The van der Waals surface area contributed by atoms with Gasteiger partial charge in [0.1, 0.15) is 17.0 Å². The Labute approximate surface area is 260 Å². The van der Waals surface area contributed by atoms with E-state index in [1.54, 1.807) is 0 Å². The highest BCUT2D eigenvalue weighted by Crippen LogP contribution is 2.39. The lowest BCUT2D eigenvalue weighted by atomic mass is 9.96. The van der Waals surface area contributed by atoms with Gasteiger partial charge in [-0.2, -0.15) is 0 Å². The van der Waals surface area contributed by atoms with Crippen LogP contribution < -0.4 is 5.73 Å². The van der Waals surface area contributed by atoms with Gasteiger partial charge in [-0.05, 0) is 44.8 Å². The fourth-order valence-corrected chi connectivity index (χ4v) is 6.19. The molecule has 2 N–H and O–H groups in total. The van der Waals surface area contributed by atoms with E-state index >= 15 is 0 Å². The summed E-state index contributed by atoms with van der Waals surface area (Å²) >= 11 is 0. The lowest BCUT2D eigenvalue weighted by molar-refractivity contribution is 0.669. The Morgan fingerprint density at radius 2 is 1.27 bits per heavy atom. The molecule has 4 nitrogen and oxygen atoms in total. The maximum Gasteiger partial charge on any atom is 0.157 e. The first kappa shape index (κ1) is 26.6. The largest absolute Gasteiger partial charge is 0.455 e. The topological polar surface area (TPSA) is 63.9 Å². The molecule has 214 valence electrons. The Balaban J connectivity index is 1.22. The van der Waals surface area contributed by atoms with Gasteiger partial charge >= 0.3 is 0 Å². The Morgan fingerprint density at radius 3 is 2.11 bits per heavy atom. The monoisotopic (exact) mass is 579 g/mol. The van der Waals surface area contributed by atoms with E-state index in [0.29, 0.717) is 18.2 Å². The summed E-state index contributed by atoms with van der Waals surface area (Å²) in [6, 6.07) is 51.9. The van der Waals surface area contributed by atoms with E-state index in [1.807, 2.05) is 72.8 Å². The van der Waals surface area contributed by atoms with Crippen LogP contribution in [0.2, 0.25) is 0 Å². The smallest absolute Gasteiger partial charge is 0.157 e. The second-order valence-electron chi connectivity index (χ2n) is 11.2. The molecule has 8 rings (SSSR count). The van der Waals surface area contributed by atoms with Crippen LogP contribution in [-0.4, -0.2) is 11.7 Å². The van der Waals surface area contributed by atoms with Gasteiger partial charge < -0.3 is 10.2 Å². The third-order valence-corrected chi connectivity index (χ3v) is 8.39. The molecule has 0 radical (unpaired) electrons. The summed E-state index contributed by atoms with van der Waals surface area (Å²) in [7, 11) is 0. The number of aliphatic imine (C=N–C) groups is 2. The third-order valence-electron chi connectivity index (χ3n) is 8.39. The van der Waals surface area contributed by atoms with Crippen LogP contribution in [0.4, 0.5) is 0 Å². The minimum atomic E-state index is 0.426. The van der Waals surface area contributed by atoms with Crippen molar-refractivity contribution in [3.05, 3.63) is 168 Å². The number of rotatable bonds is 5. The van der Waals surface area contributed by atoms with Gasteiger partial charge in [0.15, 0.2) is 5.84 Å². The first-order valence-corrected chi connectivity index (χ1v) is 15.1. The summed E-state index contributed by atoms with van der Waals surface area (Å²) in [5, 5.41) is 7.10. The van der Waals surface area contributed by atoms with Gasteiger partial charge in [0, 0.05) is 27.5 Å². The quantitative estimate of drug-likeness (QED) is 0.125. The van der Waals surface area contributed by atoms with E-state index in [1.165, 1.54) is 21.5 Å². The SMILES string of the molecule is NC(=NC(=NCc1cccc2oc3c(-c4ccc5c(ccc6ccccc65)c4)cccc3c12)c1ccccc1)c1ccccc1. The van der Waals surface area contributed by atoms with Crippen molar-refractivity contribution in [2.24, 2.45) is 15.7 Å². The summed E-state index contributed by atoms with van der Waals surface area (Å²) in [5.41, 5.74) is 13.2. The zero-order valence-corrected chi connectivity index (χ0v) is 24.5. The van der Waals surface area contributed by atoms with Gasteiger partial charge in [0.25, 0.3) is 0 Å². The van der Waals surface area contributed by atoms with Gasteiger partial charge in [-0.25, -0.2) is 4.99 Å². The average Bonchev–Trinajstić information content (AvgIpc) is 3.50. The lowest BCUT2D eigenvalue weighted by Gasteiger charge is -2.08. The molecule has 45 heavy (non-hydrogen) atoms. The maximum atomic E-state index is 6.58. The van der Waals surface area contributed by atoms with Crippen LogP contribution >= 0.6 is 0 Å². The Morgan fingerprint density at radius 1 is 0.578 bits per heavy atom. The summed E-state index contributed by atoms with van der Waals surface area (Å²) < 4.78 is 6.58. The molecule has 1 aromatic heterocycles. The van der Waals surface area contributed by atoms with Gasteiger partial charge in [-0.3, -0.25) is 4.99 Å². The zero-order valence-electron chi connectivity index (χ0n) is 24.5. The molecule has 0 unspecified atom stereocenters. The molecule has 0 saturated carbocycles. The summed E-state index contributed by atoms with van der Waals surface area (Å²) in [6.07, 6.45) is 0. The second-order valence-corrected chi connectivity index (χ2v) is 11.2. The Hall–Kier alpha value is -6.00. The van der Waals surface area contributed by atoms with E-state index in [0.717, 1.165) is 49.8 Å². The van der Waals surface area contributed by atoms with Gasteiger partial charge in [0.2, 0.25) is 0 Å². The average molecular weight is 580 g/mol. The lowest BCUT2D eigenvalue weighted by Crippen LogP contribution is -2.16. The predicted octanol–water partition coefficient (Wildman–Crippen LogP) is 9.91. The van der Waals surface area contributed by atoms with Crippen molar-refractivity contribution in [3.8, 4) is 11.1 Å². The highest BCUT2D eigenvalue weighted by Gasteiger charge is 2.16. The summed E-state index contributed by atoms with van der Waals surface area (Å²) in [4.78, 5) is 9.79. The van der Waals surface area contributed by atoms with Crippen molar-refractivity contribution in [2.45, 2.75) is 6.54 Å². The van der Waals surface area contributed by atoms with Crippen LogP contribution in [0, 0.1) is 0 Å². The van der Waals surface area contributed by atoms with Gasteiger partial charge in [-0.1, -0.05) is 140 Å². The highest BCUT2D eigenvalue weighted by molar-refractivity contribution is 6.13. The van der Waals surface area contributed by atoms with Crippen molar-refractivity contribution < 1.29 is 4.42 Å². The van der Waals surface area contributed by atoms with Crippen molar-refractivity contribution >= 4 is 55.2 Å². The molecule has 0 saturated heterocycles. The minimum Gasteiger partial charge on any atom is -0.455 e. The van der Waals surface area contributed by atoms with Gasteiger partial charge in [0.05, 0.1) is 6.54 Å². The van der Waals surface area contributed by atoms with Crippen molar-refractivity contribution in [1.82, 2.24) is 0 Å². The van der Waals surface area contributed by atoms with Crippen LogP contribution in [0.15, 0.2) is 166 Å². The van der Waals surface area contributed by atoms with Crippen LogP contribution in [0.3, 0.4) is 0 Å². The van der Waals surface area contributed by atoms with E-state index in [-0.39, 0.29) is 0 Å². The molecule has 4 heteroatoms. The highest BCUT2D eigenvalue weighted by atomic mass is 16.3. The number of nitrogens with zero attached hydrogens (tertiary/aromatic N) is 2. The van der Waals surface area contributed by atoms with E-state index in [9.17, 15) is 0 Å². The normalized spacial score (nSPS) is 12.4. The number of para-hydroxylation sites is 1. The van der Waals surface area contributed by atoms with Crippen molar-refractivity contribution in [2.75, 3.05) is 0 Å². The predicted molar refractivity (Wildman–Crippen MR) is 188 cm³/mol. The van der Waals surface area contributed by atoms with E-state index in [2.05, 4.69) is 78.9 Å². The van der Waals surface area contributed by atoms with E-state index < -0.39 is 0 Å². The summed E-state index contributed by atoms with van der Waals surface area (Å²) in [6.45, 7) is 0.426. The van der Waals surface area contributed by atoms with Crippen LogP contribution in [0.25, 0.3) is 54.6 Å². The Kier molecular flexibility index (Phi) is 6.65. The first-order valence-electron chi connectivity index (χ1n) is 15.1. The summed E-state index contributed by atoms with van der Waals surface area (Å²) in [5.74, 6) is 1.02. The molecule has 0 spiro atoms. The molecule has 0 aliphatic rings. The molecule has 0 bridgehead atoms. The second kappa shape index (κ2) is 11.3. The molecule has 1 heterocycles. The fraction of sp³-hybridized carbons (Fsp3) is 0.0244. The molecular formula is C41H29N3O. The molecular weight excluding hydrogens is 550 g/mol. The Bertz CT molecular complexity index is 2400.